The number of hydrogen-bond donors (Lipinski definition) is 3. The summed E-state index contributed by atoms with van der Waals surface area (Å²) in [4.78, 5) is 4.35. The lowest BCUT2D eigenvalue weighted by Crippen LogP contribution is -2.39. The Bertz CT molecular complexity index is 635. The van der Waals surface area contributed by atoms with Gasteiger partial charge < -0.3 is 25.0 Å². The molecule has 1 aromatic carbocycles. The molecule has 2 aromatic rings. The van der Waals surface area contributed by atoms with Crippen LogP contribution in [-0.4, -0.2) is 48.0 Å². The number of aliphatic imine (C=N–C) groups is 1. The smallest absolute Gasteiger partial charge is 0.191 e. The number of hydrogen-bond acceptors (Lipinski definition) is 3. The third kappa shape index (κ3) is 8.52. The lowest BCUT2D eigenvalue weighted by Gasteiger charge is -2.14. The number of nitrogens with zero attached hydrogens (tertiary/aromatic N) is 2. The quantitative estimate of drug-likeness (QED) is 0.295. The van der Waals surface area contributed by atoms with E-state index in [-0.39, 0.29) is 42.9 Å². The summed E-state index contributed by atoms with van der Waals surface area (Å²) in [7, 11) is 0. The highest BCUT2D eigenvalue weighted by Gasteiger charge is 2.06. The van der Waals surface area contributed by atoms with E-state index >= 15 is 0 Å². The molecule has 0 aliphatic carbocycles. The number of aliphatic hydroxyl groups is 1. The zero-order chi connectivity index (χ0) is 17.9. The Kier molecular flexibility index (Phi) is 10.7. The first-order valence-electron chi connectivity index (χ1n) is 8.36. The van der Waals surface area contributed by atoms with E-state index in [4.69, 9.17) is 4.74 Å². The number of aromatic nitrogens is 1. The summed E-state index contributed by atoms with van der Waals surface area (Å²) < 4.78 is 20.3. The van der Waals surface area contributed by atoms with Crippen molar-refractivity contribution in [1.29, 1.82) is 0 Å². The molecule has 3 N–H and O–H groups in total. The Morgan fingerprint density at radius 2 is 1.92 bits per heavy atom. The van der Waals surface area contributed by atoms with Gasteiger partial charge in [0.05, 0.1) is 6.54 Å². The van der Waals surface area contributed by atoms with Gasteiger partial charge in [-0.25, -0.2) is 4.39 Å². The van der Waals surface area contributed by atoms with Crippen LogP contribution in [0.15, 0.2) is 53.8 Å². The molecule has 1 unspecified atom stereocenters. The molecule has 1 atom stereocenters. The normalized spacial score (nSPS) is 12.2. The number of guanidine groups is 1. The minimum absolute atomic E-state index is 0. The maximum absolute atomic E-state index is 12.8. The first-order valence-corrected chi connectivity index (χ1v) is 8.36. The molecule has 2 rings (SSSR count). The predicted molar refractivity (Wildman–Crippen MR) is 112 cm³/mol. The molecule has 0 fully saturated rings. The second-order valence-electron chi connectivity index (χ2n) is 5.49. The van der Waals surface area contributed by atoms with Crippen LogP contribution in [0.4, 0.5) is 4.39 Å². The summed E-state index contributed by atoms with van der Waals surface area (Å²) in [6, 6.07) is 9.65. The van der Waals surface area contributed by atoms with Gasteiger partial charge in [-0.05, 0) is 43.3 Å². The van der Waals surface area contributed by atoms with Gasteiger partial charge in [0, 0.05) is 32.0 Å². The molecule has 0 aliphatic heterocycles. The average molecular weight is 476 g/mol. The first kappa shape index (κ1) is 22.2. The Labute approximate surface area is 170 Å². The second-order valence-corrected chi connectivity index (χ2v) is 5.49. The molecule has 0 radical (unpaired) electrons. The molecule has 1 aromatic heterocycles. The van der Waals surface area contributed by atoms with Crippen molar-refractivity contribution in [1.82, 2.24) is 15.2 Å². The van der Waals surface area contributed by atoms with Gasteiger partial charge in [0.15, 0.2) is 5.96 Å². The first-order chi connectivity index (χ1) is 12.2. The minimum Gasteiger partial charge on any atom is -0.491 e. The molecular weight excluding hydrogens is 450 g/mol. The average Bonchev–Trinajstić information content (AvgIpc) is 3.12. The van der Waals surface area contributed by atoms with Crippen LogP contribution in [-0.2, 0) is 6.54 Å². The van der Waals surface area contributed by atoms with Gasteiger partial charge in [0.1, 0.15) is 24.3 Å². The van der Waals surface area contributed by atoms with Gasteiger partial charge in [-0.1, -0.05) is 0 Å². The lowest BCUT2D eigenvalue weighted by atomic mass is 10.3. The Balaban J connectivity index is 0.00000338. The van der Waals surface area contributed by atoms with Crippen molar-refractivity contribution < 1.29 is 14.2 Å². The molecule has 1 heterocycles. The van der Waals surface area contributed by atoms with Gasteiger partial charge >= 0.3 is 0 Å². The van der Waals surface area contributed by atoms with Crippen molar-refractivity contribution >= 4 is 29.9 Å². The highest BCUT2D eigenvalue weighted by atomic mass is 127. The zero-order valence-corrected chi connectivity index (χ0v) is 17.1. The van der Waals surface area contributed by atoms with E-state index in [0.717, 1.165) is 19.6 Å². The van der Waals surface area contributed by atoms with Crippen LogP contribution in [0.3, 0.4) is 0 Å². The SMILES string of the molecule is CCNC(=NCC(O)COc1ccc(F)cc1)NCCn1cccc1.I. The molecule has 0 spiro atoms. The number of rotatable bonds is 9. The summed E-state index contributed by atoms with van der Waals surface area (Å²) in [5, 5.41) is 16.3. The lowest BCUT2D eigenvalue weighted by molar-refractivity contribution is 0.114. The number of ether oxygens (including phenoxy) is 1. The Morgan fingerprint density at radius 1 is 1.23 bits per heavy atom. The standard InChI is InChI=1S/C18H25FN4O2.HI/c1-2-20-18(21-9-12-23-10-3-4-11-23)22-13-16(24)14-25-17-7-5-15(19)6-8-17;/h3-8,10-11,16,24H,2,9,12-14H2,1H3,(H2,20,21,22);1H. The van der Waals surface area contributed by atoms with E-state index in [1.54, 1.807) is 0 Å². The summed E-state index contributed by atoms with van der Waals surface area (Å²) in [5.41, 5.74) is 0. The molecule has 0 amide bonds. The van der Waals surface area contributed by atoms with Crippen molar-refractivity contribution in [2.24, 2.45) is 4.99 Å². The highest BCUT2D eigenvalue weighted by Crippen LogP contribution is 2.11. The maximum Gasteiger partial charge on any atom is 0.191 e. The number of aliphatic hydroxyl groups excluding tert-OH is 1. The summed E-state index contributed by atoms with van der Waals surface area (Å²) in [5.74, 6) is 0.843. The third-order valence-electron chi connectivity index (χ3n) is 3.39. The summed E-state index contributed by atoms with van der Waals surface area (Å²) in [6.45, 7) is 4.57. The largest absolute Gasteiger partial charge is 0.491 e. The van der Waals surface area contributed by atoms with Crippen molar-refractivity contribution in [3.8, 4) is 5.75 Å². The van der Waals surface area contributed by atoms with E-state index in [2.05, 4.69) is 20.2 Å². The molecule has 0 aliphatic rings. The van der Waals surface area contributed by atoms with E-state index in [1.165, 1.54) is 24.3 Å². The molecule has 6 nitrogen and oxygen atoms in total. The fourth-order valence-corrected chi connectivity index (χ4v) is 2.14. The molecule has 0 saturated carbocycles. The zero-order valence-electron chi connectivity index (χ0n) is 14.8. The Hall–Kier alpha value is -1.81. The van der Waals surface area contributed by atoms with Gasteiger partial charge in [-0.3, -0.25) is 4.99 Å². The monoisotopic (exact) mass is 476 g/mol. The van der Waals surface area contributed by atoms with Crippen molar-refractivity contribution in [3.63, 3.8) is 0 Å². The molecule has 144 valence electrons. The molecule has 0 saturated heterocycles. The van der Waals surface area contributed by atoms with E-state index < -0.39 is 6.10 Å². The Morgan fingerprint density at radius 3 is 2.58 bits per heavy atom. The third-order valence-corrected chi connectivity index (χ3v) is 3.39. The van der Waals surface area contributed by atoms with Gasteiger partial charge in [0.25, 0.3) is 0 Å². The van der Waals surface area contributed by atoms with Crippen molar-refractivity contribution in [2.75, 3.05) is 26.2 Å². The van der Waals surface area contributed by atoms with Gasteiger partial charge in [-0.15, -0.1) is 24.0 Å². The highest BCUT2D eigenvalue weighted by molar-refractivity contribution is 14.0. The minimum atomic E-state index is -0.745. The number of halogens is 2. The van der Waals surface area contributed by atoms with Crippen LogP contribution in [0, 0.1) is 5.82 Å². The predicted octanol–water partition coefficient (Wildman–Crippen LogP) is 2.24. The van der Waals surface area contributed by atoms with Gasteiger partial charge in [-0.2, -0.15) is 0 Å². The number of benzene rings is 1. The molecular formula is C18H26FIN4O2. The van der Waals surface area contributed by atoms with Gasteiger partial charge in [0.2, 0.25) is 0 Å². The molecule has 26 heavy (non-hydrogen) atoms. The maximum atomic E-state index is 12.8. The van der Waals surface area contributed by atoms with Crippen LogP contribution in [0.5, 0.6) is 5.75 Å². The fourth-order valence-electron chi connectivity index (χ4n) is 2.14. The summed E-state index contributed by atoms with van der Waals surface area (Å²) >= 11 is 0. The van der Waals surface area contributed by atoms with E-state index in [9.17, 15) is 9.50 Å². The van der Waals surface area contributed by atoms with E-state index in [0.29, 0.717) is 11.7 Å². The number of nitrogens with one attached hydrogen (secondary N) is 2. The van der Waals surface area contributed by atoms with Crippen LogP contribution >= 0.6 is 24.0 Å². The van der Waals surface area contributed by atoms with Crippen LogP contribution < -0.4 is 15.4 Å². The fraction of sp³-hybridized carbons (Fsp3) is 0.389. The van der Waals surface area contributed by atoms with Crippen molar-refractivity contribution in [3.05, 3.63) is 54.6 Å². The van der Waals surface area contributed by atoms with Crippen LogP contribution in [0.1, 0.15) is 6.92 Å². The van der Waals surface area contributed by atoms with E-state index in [1.807, 2.05) is 31.5 Å². The van der Waals surface area contributed by atoms with Crippen LogP contribution in [0.2, 0.25) is 0 Å². The topological polar surface area (TPSA) is 70.8 Å². The molecule has 0 bridgehead atoms. The van der Waals surface area contributed by atoms with Crippen LogP contribution in [0.25, 0.3) is 0 Å². The second kappa shape index (κ2) is 12.5. The summed E-state index contributed by atoms with van der Waals surface area (Å²) in [6.07, 6.45) is 3.26. The molecule has 8 heteroatoms. The van der Waals surface area contributed by atoms with Crippen molar-refractivity contribution in [2.45, 2.75) is 19.6 Å².